The molecule has 3 nitrogen and oxygen atoms in total. The van der Waals surface area contributed by atoms with E-state index < -0.39 is 11.8 Å². The van der Waals surface area contributed by atoms with Crippen molar-refractivity contribution in [3.05, 3.63) is 56.7 Å². The minimum atomic E-state index is -0.470. The number of rotatable bonds is 2. The van der Waals surface area contributed by atoms with E-state index in [4.69, 9.17) is 23.2 Å². The number of carbonyl (C=O) groups is 1. The van der Waals surface area contributed by atoms with Gasteiger partial charge >= 0.3 is 6.03 Å². The third-order valence-electron chi connectivity index (χ3n) is 2.35. The van der Waals surface area contributed by atoms with Gasteiger partial charge in [0.2, 0.25) is 0 Å². The van der Waals surface area contributed by atoms with Crippen molar-refractivity contribution in [3.63, 3.8) is 0 Å². The van der Waals surface area contributed by atoms with Gasteiger partial charge in [-0.15, -0.1) is 0 Å². The second-order valence-corrected chi connectivity index (χ2v) is 5.51. The zero-order valence-corrected chi connectivity index (χ0v) is 13.0. The van der Waals surface area contributed by atoms with Crippen molar-refractivity contribution in [2.45, 2.75) is 0 Å². The van der Waals surface area contributed by atoms with Gasteiger partial charge in [-0.2, -0.15) is 0 Å². The first-order valence-corrected chi connectivity index (χ1v) is 6.99. The Labute approximate surface area is 133 Å². The second kappa shape index (κ2) is 6.43. The van der Waals surface area contributed by atoms with Crippen LogP contribution in [0.4, 0.5) is 20.6 Å². The van der Waals surface area contributed by atoms with Gasteiger partial charge in [-0.25, -0.2) is 9.18 Å². The Kier molecular flexibility index (Phi) is 4.86. The van der Waals surface area contributed by atoms with Gasteiger partial charge in [-0.1, -0.05) is 23.2 Å². The van der Waals surface area contributed by atoms with Gasteiger partial charge in [0.1, 0.15) is 5.82 Å². The predicted molar refractivity (Wildman–Crippen MR) is 83.2 cm³/mol. The minimum Gasteiger partial charge on any atom is -0.308 e. The van der Waals surface area contributed by atoms with Crippen molar-refractivity contribution in [2.24, 2.45) is 0 Å². The highest BCUT2D eigenvalue weighted by molar-refractivity contribution is 9.10. The molecule has 0 saturated heterocycles. The Morgan fingerprint density at radius 2 is 1.60 bits per heavy atom. The molecule has 2 N–H and O–H groups in total. The first kappa shape index (κ1) is 15.1. The van der Waals surface area contributed by atoms with Crippen LogP contribution in [0.3, 0.4) is 0 Å². The van der Waals surface area contributed by atoms with Gasteiger partial charge in [-0.3, -0.25) is 0 Å². The number of amides is 2. The Hall–Kier alpha value is -1.30. The fourth-order valence-electron chi connectivity index (χ4n) is 1.44. The molecular weight excluding hydrogens is 370 g/mol. The molecule has 2 amide bonds. The quantitative estimate of drug-likeness (QED) is 0.708. The van der Waals surface area contributed by atoms with Crippen LogP contribution in [0.15, 0.2) is 40.9 Å². The molecule has 0 unspecified atom stereocenters. The van der Waals surface area contributed by atoms with Crippen molar-refractivity contribution in [3.8, 4) is 0 Å². The normalized spacial score (nSPS) is 10.2. The summed E-state index contributed by atoms with van der Waals surface area (Å²) in [4.78, 5) is 11.8. The fraction of sp³-hybridized carbons (Fsp3) is 0. The van der Waals surface area contributed by atoms with Gasteiger partial charge in [-0.05, 0) is 52.3 Å². The van der Waals surface area contributed by atoms with E-state index in [0.29, 0.717) is 21.4 Å². The lowest BCUT2D eigenvalue weighted by Crippen LogP contribution is -2.19. The lowest BCUT2D eigenvalue weighted by Gasteiger charge is -2.09. The standard InChI is InChI=1S/C13H8BrCl2FN2O/c14-9-5-7(2-4-12(9)17)18-13(20)19-8-1-3-10(15)11(16)6-8/h1-6H,(H2,18,19,20). The number of halogens is 4. The Morgan fingerprint density at radius 1 is 1.00 bits per heavy atom. The second-order valence-electron chi connectivity index (χ2n) is 3.84. The molecule has 0 aliphatic rings. The van der Waals surface area contributed by atoms with E-state index in [1.165, 1.54) is 24.3 Å². The first-order valence-electron chi connectivity index (χ1n) is 5.44. The number of benzene rings is 2. The number of nitrogens with one attached hydrogen (secondary N) is 2. The topological polar surface area (TPSA) is 41.1 Å². The van der Waals surface area contributed by atoms with Crippen molar-refractivity contribution in [1.82, 2.24) is 0 Å². The molecule has 7 heteroatoms. The summed E-state index contributed by atoms with van der Waals surface area (Å²) in [7, 11) is 0. The van der Waals surface area contributed by atoms with E-state index in [1.807, 2.05) is 0 Å². The Morgan fingerprint density at radius 3 is 2.20 bits per heavy atom. The molecule has 0 spiro atoms. The van der Waals surface area contributed by atoms with Crippen LogP contribution < -0.4 is 10.6 Å². The van der Waals surface area contributed by atoms with Gasteiger partial charge < -0.3 is 10.6 Å². The molecule has 0 aromatic heterocycles. The average molecular weight is 378 g/mol. The first-order chi connectivity index (χ1) is 9.45. The van der Waals surface area contributed by atoms with Gasteiger partial charge in [0, 0.05) is 11.4 Å². The Bertz CT molecular complexity index is 611. The molecule has 2 aromatic rings. The van der Waals surface area contributed by atoms with Crippen molar-refractivity contribution < 1.29 is 9.18 Å². The summed E-state index contributed by atoms with van der Waals surface area (Å²) in [5.41, 5.74) is 0.953. The molecule has 0 aliphatic carbocycles. The smallest absolute Gasteiger partial charge is 0.308 e. The summed E-state index contributed by atoms with van der Waals surface area (Å²) in [5.74, 6) is -0.402. The zero-order chi connectivity index (χ0) is 14.7. The largest absolute Gasteiger partial charge is 0.323 e. The highest BCUT2D eigenvalue weighted by atomic mass is 79.9. The Balaban J connectivity index is 2.04. The van der Waals surface area contributed by atoms with Gasteiger partial charge in [0.15, 0.2) is 0 Å². The lowest BCUT2D eigenvalue weighted by atomic mass is 10.3. The lowest BCUT2D eigenvalue weighted by molar-refractivity contribution is 0.262. The highest BCUT2D eigenvalue weighted by Gasteiger charge is 2.06. The molecule has 0 aliphatic heterocycles. The van der Waals surface area contributed by atoms with Crippen LogP contribution in [0.1, 0.15) is 0 Å². The highest BCUT2D eigenvalue weighted by Crippen LogP contribution is 2.25. The molecule has 20 heavy (non-hydrogen) atoms. The molecular formula is C13H8BrCl2FN2O. The monoisotopic (exact) mass is 376 g/mol. The molecule has 0 saturated carbocycles. The van der Waals surface area contributed by atoms with E-state index in [0.717, 1.165) is 0 Å². The number of hydrogen-bond acceptors (Lipinski definition) is 1. The van der Waals surface area contributed by atoms with Crippen LogP contribution in [0.5, 0.6) is 0 Å². The third kappa shape index (κ3) is 3.85. The predicted octanol–water partition coefficient (Wildman–Crippen LogP) is 5.54. The van der Waals surface area contributed by atoms with E-state index in [2.05, 4.69) is 26.6 Å². The van der Waals surface area contributed by atoms with Crippen LogP contribution in [-0.4, -0.2) is 6.03 Å². The van der Waals surface area contributed by atoms with Gasteiger partial charge in [0.25, 0.3) is 0 Å². The fourth-order valence-corrected chi connectivity index (χ4v) is 2.12. The van der Waals surface area contributed by atoms with E-state index in [1.54, 1.807) is 12.1 Å². The minimum absolute atomic E-state index is 0.268. The summed E-state index contributed by atoms with van der Waals surface area (Å²) < 4.78 is 13.3. The van der Waals surface area contributed by atoms with Crippen molar-refractivity contribution >= 4 is 56.5 Å². The molecule has 0 fully saturated rings. The van der Waals surface area contributed by atoms with E-state index in [-0.39, 0.29) is 4.47 Å². The van der Waals surface area contributed by atoms with Crippen LogP contribution in [0, 0.1) is 5.82 Å². The number of anilines is 2. The molecule has 0 atom stereocenters. The third-order valence-corrected chi connectivity index (χ3v) is 3.70. The van der Waals surface area contributed by atoms with Crippen molar-refractivity contribution in [2.75, 3.05) is 10.6 Å². The zero-order valence-electron chi connectivity index (χ0n) is 9.88. The number of urea groups is 1. The SMILES string of the molecule is O=C(Nc1ccc(Cl)c(Cl)c1)Nc1ccc(F)c(Br)c1. The molecule has 0 radical (unpaired) electrons. The summed E-state index contributed by atoms with van der Waals surface area (Å²) in [6, 6.07) is 8.42. The maximum atomic E-state index is 13.1. The van der Waals surface area contributed by atoms with Gasteiger partial charge in [0.05, 0.1) is 14.5 Å². The number of hydrogen-bond donors (Lipinski definition) is 2. The molecule has 104 valence electrons. The van der Waals surface area contributed by atoms with E-state index in [9.17, 15) is 9.18 Å². The van der Waals surface area contributed by atoms with Crippen LogP contribution in [0.25, 0.3) is 0 Å². The summed E-state index contributed by atoms with van der Waals surface area (Å²) in [6.07, 6.45) is 0. The summed E-state index contributed by atoms with van der Waals surface area (Å²) in [5, 5.41) is 5.90. The summed E-state index contributed by atoms with van der Waals surface area (Å²) >= 11 is 14.7. The van der Waals surface area contributed by atoms with Crippen molar-refractivity contribution in [1.29, 1.82) is 0 Å². The maximum Gasteiger partial charge on any atom is 0.323 e. The van der Waals surface area contributed by atoms with Crippen LogP contribution in [-0.2, 0) is 0 Å². The van der Waals surface area contributed by atoms with Crippen LogP contribution in [0.2, 0.25) is 10.0 Å². The maximum absolute atomic E-state index is 13.1. The number of carbonyl (C=O) groups excluding carboxylic acids is 1. The molecule has 2 aromatic carbocycles. The molecule has 2 rings (SSSR count). The molecule has 0 bridgehead atoms. The average Bonchev–Trinajstić information content (AvgIpc) is 2.38. The molecule has 0 heterocycles. The van der Waals surface area contributed by atoms with E-state index >= 15 is 0 Å². The summed E-state index contributed by atoms with van der Waals surface area (Å²) in [6.45, 7) is 0. The van der Waals surface area contributed by atoms with Crippen LogP contribution >= 0.6 is 39.1 Å².